The highest BCUT2D eigenvalue weighted by Gasteiger charge is 2.67. The Balaban J connectivity index is 2.37. The molecule has 1 aliphatic carbocycles. The van der Waals surface area contributed by atoms with Gasteiger partial charge in [0.15, 0.2) is 9.84 Å². The van der Waals surface area contributed by atoms with E-state index in [-0.39, 0.29) is 12.5 Å². The Morgan fingerprint density at radius 3 is 2.29 bits per heavy atom. The molecule has 1 aliphatic rings. The Bertz CT molecular complexity index is 528. The van der Waals surface area contributed by atoms with E-state index >= 15 is 0 Å². The van der Waals surface area contributed by atoms with E-state index in [1.807, 2.05) is 0 Å². The van der Waals surface area contributed by atoms with Gasteiger partial charge in [0.1, 0.15) is 0 Å². The molecule has 0 amide bonds. The van der Waals surface area contributed by atoms with Gasteiger partial charge in [-0.2, -0.15) is 0 Å². The van der Waals surface area contributed by atoms with Crippen LogP contribution in [0.15, 0.2) is 24.3 Å². The number of aliphatic hydroxyl groups is 1. The minimum atomic E-state index is -3.27. The Hall–Kier alpha value is -0.620. The van der Waals surface area contributed by atoms with E-state index in [2.05, 4.69) is 0 Å². The van der Waals surface area contributed by atoms with Gasteiger partial charge in [0, 0.05) is 17.2 Å². The normalized spacial score (nSPS) is 32.5. The molecule has 3 N–H and O–H groups in total. The summed E-state index contributed by atoms with van der Waals surface area (Å²) in [6, 6.07) is 6.86. The lowest BCUT2D eigenvalue weighted by Crippen LogP contribution is -2.34. The maximum absolute atomic E-state index is 11.6. The van der Waals surface area contributed by atoms with Crippen LogP contribution in [0.25, 0.3) is 0 Å². The molecule has 94 valence electrons. The van der Waals surface area contributed by atoms with E-state index in [9.17, 15) is 13.5 Å². The number of nitrogens with two attached hydrogens (primary N) is 1. The molecule has 2 rings (SSSR count). The van der Waals surface area contributed by atoms with E-state index in [4.69, 9.17) is 17.3 Å². The molecule has 0 aliphatic heterocycles. The van der Waals surface area contributed by atoms with Crippen molar-refractivity contribution in [2.45, 2.75) is 16.7 Å². The molecule has 0 unspecified atom stereocenters. The summed E-state index contributed by atoms with van der Waals surface area (Å²) in [6.45, 7) is -0.349. The van der Waals surface area contributed by atoms with Crippen molar-refractivity contribution < 1.29 is 13.5 Å². The molecule has 1 aromatic carbocycles. The zero-order chi connectivity index (χ0) is 12.8. The first kappa shape index (κ1) is 12.8. The van der Waals surface area contributed by atoms with Crippen molar-refractivity contribution in [3.63, 3.8) is 0 Å². The molecule has 0 spiro atoms. The molecule has 0 heterocycles. The Labute approximate surface area is 105 Å². The van der Waals surface area contributed by atoms with Gasteiger partial charge in [0.05, 0.1) is 17.4 Å². The fourth-order valence-electron chi connectivity index (χ4n) is 2.41. The Morgan fingerprint density at radius 1 is 1.41 bits per heavy atom. The summed E-state index contributed by atoms with van der Waals surface area (Å²) >= 11 is 5.77. The highest BCUT2D eigenvalue weighted by Crippen LogP contribution is 2.53. The van der Waals surface area contributed by atoms with Crippen LogP contribution in [0.5, 0.6) is 0 Å². The van der Waals surface area contributed by atoms with Crippen molar-refractivity contribution >= 4 is 21.4 Å². The lowest BCUT2D eigenvalue weighted by Gasteiger charge is -2.06. The first-order chi connectivity index (χ1) is 7.80. The van der Waals surface area contributed by atoms with Gasteiger partial charge in [-0.25, -0.2) is 8.42 Å². The van der Waals surface area contributed by atoms with E-state index in [0.717, 1.165) is 11.8 Å². The quantitative estimate of drug-likeness (QED) is 0.844. The third kappa shape index (κ3) is 2.08. The fraction of sp³-hybridized carbons (Fsp3) is 0.455. The second-order valence-corrected chi connectivity index (χ2v) is 7.15. The van der Waals surface area contributed by atoms with Gasteiger partial charge in [-0.05, 0) is 17.7 Å². The number of benzene rings is 1. The molecule has 1 saturated carbocycles. The summed E-state index contributed by atoms with van der Waals surface area (Å²) in [5.41, 5.74) is 5.65. The zero-order valence-corrected chi connectivity index (χ0v) is 10.9. The summed E-state index contributed by atoms with van der Waals surface area (Å²) in [6.07, 6.45) is 1.14. The highest BCUT2D eigenvalue weighted by molar-refractivity contribution is 7.91. The standard InChI is InChI=1S/C11H14ClNO3S/c1-17(15,16)10-9(11(10,13)6-14)7-2-4-8(12)5-3-7/h2-5,9-10,14H,6,13H2,1H3/t9-,10-,11+/m1/s1. The van der Waals surface area contributed by atoms with Crippen LogP contribution in [0, 0.1) is 0 Å². The predicted octanol–water partition coefficient (Wildman–Crippen LogP) is 0.540. The molecule has 0 radical (unpaired) electrons. The molecular formula is C11H14ClNO3S. The maximum atomic E-state index is 11.6. The van der Waals surface area contributed by atoms with Gasteiger partial charge >= 0.3 is 0 Å². The molecule has 0 aromatic heterocycles. The van der Waals surface area contributed by atoms with Crippen molar-refractivity contribution in [3.05, 3.63) is 34.9 Å². The summed E-state index contributed by atoms with van der Waals surface area (Å²) < 4.78 is 23.2. The monoisotopic (exact) mass is 275 g/mol. The van der Waals surface area contributed by atoms with Crippen LogP contribution in [0.3, 0.4) is 0 Å². The zero-order valence-electron chi connectivity index (χ0n) is 9.30. The molecule has 3 atom stereocenters. The molecule has 17 heavy (non-hydrogen) atoms. The molecule has 6 heteroatoms. The van der Waals surface area contributed by atoms with Gasteiger partial charge in [0.2, 0.25) is 0 Å². The third-order valence-corrected chi connectivity index (χ3v) is 5.15. The van der Waals surface area contributed by atoms with Crippen LogP contribution in [-0.4, -0.2) is 37.2 Å². The van der Waals surface area contributed by atoms with Crippen LogP contribution in [-0.2, 0) is 9.84 Å². The lowest BCUT2D eigenvalue weighted by atomic mass is 10.1. The smallest absolute Gasteiger partial charge is 0.152 e. The number of hydrogen-bond acceptors (Lipinski definition) is 4. The van der Waals surface area contributed by atoms with Crippen molar-refractivity contribution in [2.75, 3.05) is 12.9 Å². The second kappa shape index (κ2) is 3.95. The Kier molecular flexibility index (Phi) is 2.98. The van der Waals surface area contributed by atoms with Gasteiger partial charge in [0.25, 0.3) is 0 Å². The van der Waals surface area contributed by atoms with Crippen molar-refractivity contribution in [1.82, 2.24) is 0 Å². The van der Waals surface area contributed by atoms with Crippen LogP contribution < -0.4 is 5.73 Å². The molecule has 0 bridgehead atoms. The minimum Gasteiger partial charge on any atom is -0.394 e. The van der Waals surface area contributed by atoms with Crippen LogP contribution in [0.1, 0.15) is 11.5 Å². The summed E-state index contributed by atoms with van der Waals surface area (Å²) in [4.78, 5) is 0. The van der Waals surface area contributed by atoms with Gasteiger partial charge in [-0.1, -0.05) is 23.7 Å². The molecule has 1 fully saturated rings. The number of sulfone groups is 1. The van der Waals surface area contributed by atoms with Crippen LogP contribution in [0.4, 0.5) is 0 Å². The first-order valence-electron chi connectivity index (χ1n) is 5.15. The van der Waals surface area contributed by atoms with Gasteiger partial charge in [-0.15, -0.1) is 0 Å². The lowest BCUT2D eigenvalue weighted by molar-refractivity contribution is 0.253. The number of hydrogen-bond donors (Lipinski definition) is 2. The first-order valence-corrected chi connectivity index (χ1v) is 7.48. The average Bonchev–Trinajstić information content (AvgIpc) is 2.87. The largest absolute Gasteiger partial charge is 0.394 e. The molecule has 0 saturated heterocycles. The Morgan fingerprint density at radius 2 is 1.94 bits per heavy atom. The van der Waals surface area contributed by atoms with Gasteiger partial charge in [-0.3, -0.25) is 0 Å². The van der Waals surface area contributed by atoms with Crippen LogP contribution >= 0.6 is 11.6 Å². The SMILES string of the molecule is CS(=O)(=O)[C@@H]1[C@@H](c2ccc(Cl)cc2)[C@@]1(N)CO. The minimum absolute atomic E-state index is 0.349. The summed E-state index contributed by atoms with van der Waals surface area (Å²) in [5, 5.41) is 9.13. The van der Waals surface area contributed by atoms with Crippen molar-refractivity contribution in [2.24, 2.45) is 5.73 Å². The average molecular weight is 276 g/mol. The third-order valence-electron chi connectivity index (χ3n) is 3.27. The summed E-state index contributed by atoms with van der Waals surface area (Å²) in [5.74, 6) is -0.361. The number of aliphatic hydroxyl groups excluding tert-OH is 1. The molecular weight excluding hydrogens is 262 g/mol. The van der Waals surface area contributed by atoms with E-state index in [0.29, 0.717) is 5.02 Å². The van der Waals surface area contributed by atoms with Crippen LogP contribution in [0.2, 0.25) is 5.02 Å². The van der Waals surface area contributed by atoms with E-state index in [1.165, 1.54) is 0 Å². The second-order valence-electron chi connectivity index (χ2n) is 4.55. The number of halogens is 1. The topological polar surface area (TPSA) is 80.4 Å². The fourth-order valence-corrected chi connectivity index (χ4v) is 4.38. The van der Waals surface area contributed by atoms with Crippen molar-refractivity contribution in [1.29, 1.82) is 0 Å². The van der Waals surface area contributed by atoms with Gasteiger partial charge < -0.3 is 10.8 Å². The van der Waals surface area contributed by atoms with E-state index < -0.39 is 20.6 Å². The predicted molar refractivity (Wildman–Crippen MR) is 66.8 cm³/mol. The number of rotatable bonds is 3. The maximum Gasteiger partial charge on any atom is 0.152 e. The molecule has 4 nitrogen and oxygen atoms in total. The molecule has 1 aromatic rings. The van der Waals surface area contributed by atoms with Crippen molar-refractivity contribution in [3.8, 4) is 0 Å². The summed E-state index contributed by atoms with van der Waals surface area (Å²) in [7, 11) is -3.27. The highest BCUT2D eigenvalue weighted by atomic mass is 35.5. The van der Waals surface area contributed by atoms with E-state index in [1.54, 1.807) is 24.3 Å².